The number of amides is 1. The van der Waals surface area contributed by atoms with Crippen LogP contribution in [0.1, 0.15) is 12.5 Å². The molecule has 0 aromatic heterocycles. The number of carbonyl (C=O) groups is 3. The highest BCUT2D eigenvalue weighted by Crippen LogP contribution is 2.35. The summed E-state index contributed by atoms with van der Waals surface area (Å²) in [5.74, 6) is -0.00779. The second kappa shape index (κ2) is 7.83. The van der Waals surface area contributed by atoms with Crippen molar-refractivity contribution < 1.29 is 23.9 Å². The van der Waals surface area contributed by atoms with Crippen LogP contribution in [0.2, 0.25) is 0 Å². The highest BCUT2D eigenvalue weighted by Gasteiger charge is 2.47. The minimum absolute atomic E-state index is 0.108. The molecule has 0 radical (unpaired) electrons. The van der Waals surface area contributed by atoms with E-state index in [0.29, 0.717) is 0 Å². The van der Waals surface area contributed by atoms with Gasteiger partial charge in [-0.2, -0.15) is 0 Å². The molecule has 23 heavy (non-hydrogen) atoms. The van der Waals surface area contributed by atoms with Gasteiger partial charge in [0.05, 0.1) is 7.11 Å². The predicted molar refractivity (Wildman–Crippen MR) is 89.3 cm³/mol. The standard InChI is InChI=1S/C15H16BrNO5S/c1-9(18)23-15-13(16)14(20)17(15)7-12(19)22-8-10-3-5-11(21-2)6-4-10/h3-6,13,15H,7-8H2,1-2H3/t13-,15+/m0/s1. The fourth-order valence-corrected chi connectivity index (χ4v) is 3.77. The number of likely N-dealkylation sites (tertiary alicyclic amines) is 1. The number of halogens is 1. The third-order valence-electron chi connectivity index (χ3n) is 3.22. The molecule has 2 atom stereocenters. The second-order valence-corrected chi connectivity index (χ2v) is 7.16. The molecule has 0 aliphatic carbocycles. The van der Waals surface area contributed by atoms with Gasteiger partial charge in [-0.25, -0.2) is 0 Å². The highest BCUT2D eigenvalue weighted by molar-refractivity contribution is 9.10. The van der Waals surface area contributed by atoms with E-state index >= 15 is 0 Å². The lowest BCUT2D eigenvalue weighted by molar-refractivity contribution is -0.154. The van der Waals surface area contributed by atoms with E-state index in [-0.39, 0.29) is 29.5 Å². The third kappa shape index (κ3) is 4.48. The normalized spacial score (nSPS) is 20.0. The molecular formula is C15H16BrNO5S. The summed E-state index contributed by atoms with van der Waals surface area (Å²) < 4.78 is 10.2. The molecule has 1 aliphatic rings. The molecule has 1 saturated heterocycles. The van der Waals surface area contributed by atoms with Crippen molar-refractivity contribution in [3.63, 3.8) is 0 Å². The van der Waals surface area contributed by atoms with Gasteiger partial charge in [0.2, 0.25) is 5.91 Å². The lowest BCUT2D eigenvalue weighted by Gasteiger charge is -2.42. The highest BCUT2D eigenvalue weighted by atomic mass is 79.9. The van der Waals surface area contributed by atoms with Crippen molar-refractivity contribution in [2.45, 2.75) is 23.7 Å². The zero-order valence-corrected chi connectivity index (χ0v) is 15.1. The lowest BCUT2D eigenvalue weighted by Crippen LogP contribution is -2.62. The van der Waals surface area contributed by atoms with Crippen molar-refractivity contribution in [1.29, 1.82) is 0 Å². The van der Waals surface area contributed by atoms with Crippen LogP contribution in [-0.4, -0.2) is 45.7 Å². The molecule has 0 spiro atoms. The van der Waals surface area contributed by atoms with Crippen LogP contribution in [0.3, 0.4) is 0 Å². The summed E-state index contributed by atoms with van der Waals surface area (Å²) in [6.45, 7) is 1.38. The minimum atomic E-state index is -0.511. The molecule has 1 aliphatic heterocycles. The van der Waals surface area contributed by atoms with Gasteiger partial charge in [0, 0.05) is 6.92 Å². The minimum Gasteiger partial charge on any atom is -0.497 e. The fraction of sp³-hybridized carbons (Fsp3) is 0.400. The summed E-state index contributed by atoms with van der Waals surface area (Å²) >= 11 is 4.23. The monoisotopic (exact) mass is 401 g/mol. The molecular weight excluding hydrogens is 386 g/mol. The van der Waals surface area contributed by atoms with E-state index in [1.165, 1.54) is 11.8 Å². The maximum absolute atomic E-state index is 11.9. The summed E-state index contributed by atoms with van der Waals surface area (Å²) in [4.78, 5) is 35.7. The summed E-state index contributed by atoms with van der Waals surface area (Å²) in [7, 11) is 1.58. The van der Waals surface area contributed by atoms with E-state index in [9.17, 15) is 14.4 Å². The Morgan fingerprint density at radius 1 is 1.30 bits per heavy atom. The van der Waals surface area contributed by atoms with Crippen LogP contribution in [0.5, 0.6) is 5.75 Å². The zero-order chi connectivity index (χ0) is 17.0. The third-order valence-corrected chi connectivity index (χ3v) is 5.56. The van der Waals surface area contributed by atoms with Crippen LogP contribution in [0.25, 0.3) is 0 Å². The maximum atomic E-state index is 11.9. The van der Waals surface area contributed by atoms with Crippen molar-refractivity contribution in [2.75, 3.05) is 13.7 Å². The molecule has 8 heteroatoms. The molecule has 1 fully saturated rings. The van der Waals surface area contributed by atoms with Gasteiger partial charge < -0.3 is 14.4 Å². The zero-order valence-electron chi connectivity index (χ0n) is 12.7. The molecule has 2 rings (SSSR count). The van der Waals surface area contributed by atoms with Crippen LogP contribution in [0, 0.1) is 0 Å². The first kappa shape index (κ1) is 17.8. The molecule has 1 aromatic carbocycles. The number of β-lactam (4-membered cyclic amide) rings is 1. The van der Waals surface area contributed by atoms with E-state index < -0.39 is 10.8 Å². The van der Waals surface area contributed by atoms with Crippen molar-refractivity contribution in [3.05, 3.63) is 29.8 Å². The molecule has 1 aromatic rings. The average molecular weight is 402 g/mol. The number of alkyl halides is 1. The summed E-state index contributed by atoms with van der Waals surface area (Å²) in [6, 6.07) is 7.14. The van der Waals surface area contributed by atoms with Crippen molar-refractivity contribution >= 4 is 44.7 Å². The van der Waals surface area contributed by atoms with Gasteiger partial charge >= 0.3 is 5.97 Å². The van der Waals surface area contributed by atoms with Gasteiger partial charge in [0.15, 0.2) is 5.12 Å². The lowest BCUT2D eigenvalue weighted by atomic mass is 10.2. The molecule has 1 heterocycles. The summed E-state index contributed by atoms with van der Waals surface area (Å²) in [6.07, 6.45) is 0. The quantitative estimate of drug-likeness (QED) is 0.412. The number of rotatable bonds is 6. The first-order valence-electron chi connectivity index (χ1n) is 6.82. The molecule has 0 bridgehead atoms. The van der Waals surface area contributed by atoms with Crippen LogP contribution in [0.15, 0.2) is 24.3 Å². The van der Waals surface area contributed by atoms with Crippen molar-refractivity contribution in [1.82, 2.24) is 4.90 Å². The Morgan fingerprint density at radius 3 is 2.52 bits per heavy atom. The molecule has 6 nitrogen and oxygen atoms in total. The predicted octanol–water partition coefficient (Wildman–Crippen LogP) is 1.95. The SMILES string of the molecule is COc1ccc(COC(=O)CN2C(=O)[C@H](Br)[C@H]2SC(C)=O)cc1. The molecule has 1 amide bonds. The number of nitrogens with zero attached hydrogens (tertiary/aromatic N) is 1. The van der Waals surface area contributed by atoms with E-state index in [2.05, 4.69) is 15.9 Å². The van der Waals surface area contributed by atoms with Gasteiger partial charge in [0.25, 0.3) is 0 Å². The molecule has 0 N–H and O–H groups in total. The van der Waals surface area contributed by atoms with Crippen LogP contribution in [0.4, 0.5) is 0 Å². The number of hydrogen-bond donors (Lipinski definition) is 0. The van der Waals surface area contributed by atoms with Crippen molar-refractivity contribution in [3.8, 4) is 5.75 Å². The number of hydrogen-bond acceptors (Lipinski definition) is 6. The van der Waals surface area contributed by atoms with Gasteiger partial charge in [0.1, 0.15) is 29.1 Å². The molecule has 0 unspecified atom stereocenters. The first-order chi connectivity index (χ1) is 10.9. The Labute approximate surface area is 146 Å². The Morgan fingerprint density at radius 2 is 1.96 bits per heavy atom. The van der Waals surface area contributed by atoms with E-state index in [0.717, 1.165) is 23.1 Å². The van der Waals surface area contributed by atoms with Gasteiger partial charge in [-0.15, -0.1) is 0 Å². The first-order valence-corrected chi connectivity index (χ1v) is 8.62. The van der Waals surface area contributed by atoms with Crippen LogP contribution in [-0.2, 0) is 25.7 Å². The van der Waals surface area contributed by atoms with Gasteiger partial charge in [-0.3, -0.25) is 14.4 Å². The Bertz CT molecular complexity index is 606. The van der Waals surface area contributed by atoms with Gasteiger partial charge in [-0.05, 0) is 17.7 Å². The Hall–Kier alpha value is -1.54. The Kier molecular flexibility index (Phi) is 6.06. The van der Waals surface area contributed by atoms with Gasteiger partial charge in [-0.1, -0.05) is 39.8 Å². The number of carbonyl (C=O) groups excluding carboxylic acids is 3. The van der Waals surface area contributed by atoms with E-state index in [4.69, 9.17) is 9.47 Å². The topological polar surface area (TPSA) is 72.9 Å². The number of ether oxygens (including phenoxy) is 2. The number of methoxy groups -OCH3 is 1. The van der Waals surface area contributed by atoms with Crippen molar-refractivity contribution in [2.24, 2.45) is 0 Å². The molecule has 124 valence electrons. The largest absolute Gasteiger partial charge is 0.497 e. The Balaban J connectivity index is 1.83. The smallest absolute Gasteiger partial charge is 0.326 e. The average Bonchev–Trinajstić information content (AvgIpc) is 2.56. The molecule has 0 saturated carbocycles. The summed E-state index contributed by atoms with van der Waals surface area (Å²) in [5, 5.41) is -0.475. The maximum Gasteiger partial charge on any atom is 0.326 e. The summed E-state index contributed by atoms with van der Waals surface area (Å²) in [5.41, 5.74) is 0.821. The van der Waals surface area contributed by atoms with E-state index in [1.807, 2.05) is 0 Å². The van der Waals surface area contributed by atoms with Crippen LogP contribution >= 0.6 is 27.7 Å². The number of esters is 1. The second-order valence-electron chi connectivity index (χ2n) is 4.88. The fourth-order valence-electron chi connectivity index (χ4n) is 2.01. The number of thioether (sulfide) groups is 1. The number of benzene rings is 1. The van der Waals surface area contributed by atoms with Crippen LogP contribution < -0.4 is 4.74 Å². The van der Waals surface area contributed by atoms with E-state index in [1.54, 1.807) is 31.4 Å².